The minimum absolute atomic E-state index is 0.165. The van der Waals surface area contributed by atoms with E-state index in [1.54, 1.807) is 30.3 Å². The molecule has 0 saturated heterocycles. The number of nitrogens with zero attached hydrogens (tertiary/aromatic N) is 1. The first kappa shape index (κ1) is 19.0. The Morgan fingerprint density at radius 1 is 0.931 bits per heavy atom. The van der Waals surface area contributed by atoms with Gasteiger partial charge in [0, 0.05) is 17.8 Å². The van der Waals surface area contributed by atoms with Crippen molar-refractivity contribution in [3.8, 4) is 0 Å². The fraction of sp³-hybridized carbons (Fsp3) is 0.0952. The van der Waals surface area contributed by atoms with E-state index in [2.05, 4.69) is 5.32 Å². The zero-order valence-corrected chi connectivity index (χ0v) is 16.2. The van der Waals surface area contributed by atoms with Gasteiger partial charge in [-0.15, -0.1) is 0 Å². The van der Waals surface area contributed by atoms with Crippen LogP contribution in [0.2, 0.25) is 0 Å². The number of nitrogens with one attached hydrogen (secondary N) is 2. The average Bonchev–Trinajstić information content (AvgIpc) is 3.19. The van der Waals surface area contributed by atoms with Crippen molar-refractivity contribution in [2.45, 2.75) is 11.3 Å². The molecule has 0 unspecified atom stereocenters. The Morgan fingerprint density at radius 3 is 2.45 bits per heavy atom. The molecule has 0 bridgehead atoms. The lowest BCUT2D eigenvalue weighted by molar-refractivity contribution is 0.102. The van der Waals surface area contributed by atoms with Crippen LogP contribution >= 0.6 is 0 Å². The van der Waals surface area contributed by atoms with Gasteiger partial charge in [0.15, 0.2) is 0 Å². The van der Waals surface area contributed by atoms with Gasteiger partial charge in [-0.25, -0.2) is 8.42 Å². The van der Waals surface area contributed by atoms with Gasteiger partial charge in [0.05, 0.1) is 16.3 Å². The number of fused-ring (bicyclic) bond motifs is 1. The van der Waals surface area contributed by atoms with Crippen molar-refractivity contribution in [2.24, 2.45) is 0 Å². The van der Waals surface area contributed by atoms with Crippen LogP contribution in [0.25, 0.3) is 0 Å². The van der Waals surface area contributed by atoms with Crippen molar-refractivity contribution < 1.29 is 18.4 Å². The lowest BCUT2D eigenvalue weighted by atomic mass is 10.2. The Balaban J connectivity index is 1.53. The summed E-state index contributed by atoms with van der Waals surface area (Å²) in [4.78, 5) is 12.5. The second kappa shape index (κ2) is 7.57. The number of amides is 1. The van der Waals surface area contributed by atoms with Crippen molar-refractivity contribution in [3.05, 3.63) is 83.9 Å². The molecule has 1 heterocycles. The molecular weight excluding hydrogens is 390 g/mol. The summed E-state index contributed by atoms with van der Waals surface area (Å²) < 4.78 is 27.5. The maximum Gasteiger partial charge on any atom is 0.264 e. The van der Waals surface area contributed by atoms with E-state index in [0.717, 1.165) is 5.56 Å². The van der Waals surface area contributed by atoms with E-state index in [1.807, 2.05) is 29.7 Å². The van der Waals surface area contributed by atoms with Crippen molar-refractivity contribution in [1.82, 2.24) is 0 Å². The van der Waals surface area contributed by atoms with E-state index >= 15 is 0 Å². The topological polar surface area (TPSA) is 98.7 Å². The third kappa shape index (κ3) is 3.67. The van der Waals surface area contributed by atoms with Gasteiger partial charge >= 0.3 is 0 Å². The van der Waals surface area contributed by atoms with Gasteiger partial charge < -0.3 is 5.32 Å². The van der Waals surface area contributed by atoms with Crippen LogP contribution in [0.1, 0.15) is 15.9 Å². The van der Waals surface area contributed by atoms with Crippen molar-refractivity contribution in [1.29, 1.82) is 0 Å². The molecular formula is C21H19N3O4S. The zero-order chi connectivity index (χ0) is 20.4. The molecule has 29 heavy (non-hydrogen) atoms. The van der Waals surface area contributed by atoms with Crippen LogP contribution in [0.4, 0.5) is 17.1 Å². The molecule has 148 valence electrons. The second-order valence-corrected chi connectivity index (χ2v) is 8.49. The molecule has 7 nitrogen and oxygen atoms in total. The molecule has 0 spiro atoms. The fourth-order valence-electron chi connectivity index (χ4n) is 3.33. The summed E-state index contributed by atoms with van der Waals surface area (Å²) in [7, 11) is -3.67. The summed E-state index contributed by atoms with van der Waals surface area (Å²) in [6, 6.07) is 19.9. The van der Waals surface area contributed by atoms with Crippen LogP contribution in [0, 0.1) is 0 Å². The smallest absolute Gasteiger partial charge is 0.264 e. The van der Waals surface area contributed by atoms with E-state index in [9.17, 15) is 13.2 Å². The van der Waals surface area contributed by atoms with E-state index in [4.69, 9.17) is 5.21 Å². The molecule has 1 amide bonds. The highest BCUT2D eigenvalue weighted by atomic mass is 32.2. The Labute approximate surface area is 168 Å². The highest BCUT2D eigenvalue weighted by Gasteiger charge is 2.30. The van der Waals surface area contributed by atoms with E-state index in [0.29, 0.717) is 35.6 Å². The molecule has 0 aliphatic carbocycles. The lowest BCUT2D eigenvalue weighted by Crippen LogP contribution is -2.29. The van der Waals surface area contributed by atoms with Gasteiger partial charge in [-0.2, -0.15) is 0 Å². The quantitative estimate of drug-likeness (QED) is 0.560. The van der Waals surface area contributed by atoms with Crippen molar-refractivity contribution >= 4 is 33.0 Å². The predicted octanol–water partition coefficient (Wildman–Crippen LogP) is 3.49. The summed E-state index contributed by atoms with van der Waals surface area (Å²) in [6.45, 7) is 0.412. The number of sulfonamides is 1. The largest absolute Gasteiger partial charge is 0.322 e. The van der Waals surface area contributed by atoms with Crippen molar-refractivity contribution in [3.63, 3.8) is 0 Å². The molecule has 8 heteroatoms. The molecule has 0 atom stereocenters. The average molecular weight is 409 g/mol. The molecule has 0 saturated carbocycles. The number of carbonyl (C=O) groups is 1. The third-order valence-corrected chi connectivity index (χ3v) is 6.63. The monoisotopic (exact) mass is 409 g/mol. The summed E-state index contributed by atoms with van der Waals surface area (Å²) >= 11 is 0. The van der Waals surface area contributed by atoms with Crippen LogP contribution in [0.5, 0.6) is 0 Å². The number of hydrogen-bond donors (Lipinski definition) is 3. The standard InChI is InChI=1S/C21H19N3O4S/c25-21(16-5-3-6-18(14-16)23-26)22-17-8-10-19(11-9-17)29(27,28)24-13-12-15-4-1-2-7-20(15)24/h1-11,14,23,26H,12-13H2,(H,22,25). The Kier molecular flexibility index (Phi) is 4.96. The number of hydrogen-bond acceptors (Lipinski definition) is 5. The summed E-state index contributed by atoms with van der Waals surface area (Å²) in [5.41, 5.74) is 4.94. The van der Waals surface area contributed by atoms with Gasteiger partial charge in [0.1, 0.15) is 0 Å². The van der Waals surface area contributed by atoms with Crippen LogP contribution < -0.4 is 15.1 Å². The van der Waals surface area contributed by atoms with Gasteiger partial charge in [0.25, 0.3) is 15.9 Å². The van der Waals surface area contributed by atoms with E-state index in [1.165, 1.54) is 22.5 Å². The van der Waals surface area contributed by atoms with Gasteiger partial charge in [-0.1, -0.05) is 24.3 Å². The molecule has 1 aliphatic rings. The van der Waals surface area contributed by atoms with E-state index in [-0.39, 0.29) is 10.8 Å². The van der Waals surface area contributed by atoms with Crippen LogP contribution in [0.15, 0.2) is 77.7 Å². The normalized spacial score (nSPS) is 13.1. The molecule has 0 aromatic heterocycles. The number of para-hydroxylation sites is 1. The van der Waals surface area contributed by atoms with E-state index < -0.39 is 10.0 Å². The first-order valence-electron chi connectivity index (χ1n) is 9.01. The minimum Gasteiger partial charge on any atom is -0.322 e. The Hall–Kier alpha value is -3.36. The highest BCUT2D eigenvalue weighted by Crippen LogP contribution is 2.32. The Morgan fingerprint density at radius 2 is 1.69 bits per heavy atom. The van der Waals surface area contributed by atoms with Gasteiger partial charge in [-0.05, 0) is 60.5 Å². The second-order valence-electron chi connectivity index (χ2n) is 6.63. The summed E-state index contributed by atoms with van der Waals surface area (Å²) in [6.07, 6.45) is 0.686. The maximum absolute atomic E-state index is 13.0. The number of benzene rings is 3. The maximum atomic E-state index is 13.0. The Bertz CT molecular complexity index is 1160. The van der Waals surface area contributed by atoms with Crippen LogP contribution in [-0.4, -0.2) is 26.1 Å². The van der Waals surface area contributed by atoms with Gasteiger partial charge in [-0.3, -0.25) is 19.8 Å². The molecule has 1 aliphatic heterocycles. The first-order chi connectivity index (χ1) is 14.0. The molecule has 0 fully saturated rings. The number of anilines is 3. The lowest BCUT2D eigenvalue weighted by Gasteiger charge is -2.19. The van der Waals surface area contributed by atoms with Gasteiger partial charge in [0.2, 0.25) is 0 Å². The first-order valence-corrected chi connectivity index (χ1v) is 10.5. The highest BCUT2D eigenvalue weighted by molar-refractivity contribution is 7.92. The summed E-state index contributed by atoms with van der Waals surface area (Å²) in [5.74, 6) is -0.369. The molecule has 0 radical (unpaired) electrons. The van der Waals surface area contributed by atoms with Crippen molar-refractivity contribution in [2.75, 3.05) is 21.6 Å². The molecule has 3 aromatic rings. The van der Waals surface area contributed by atoms with Crippen LogP contribution in [-0.2, 0) is 16.4 Å². The third-order valence-electron chi connectivity index (χ3n) is 4.80. The molecule has 3 N–H and O–H groups in total. The number of rotatable bonds is 5. The summed E-state index contributed by atoms with van der Waals surface area (Å²) in [5, 5.41) is 11.7. The fourth-order valence-corrected chi connectivity index (χ4v) is 4.83. The zero-order valence-electron chi connectivity index (χ0n) is 15.4. The number of carbonyl (C=O) groups excluding carboxylic acids is 1. The van der Waals surface area contributed by atoms with Crippen LogP contribution in [0.3, 0.4) is 0 Å². The minimum atomic E-state index is -3.67. The predicted molar refractivity (Wildman–Crippen MR) is 111 cm³/mol. The molecule has 3 aromatic carbocycles. The molecule has 4 rings (SSSR count). The SMILES string of the molecule is O=C(Nc1ccc(S(=O)(=O)N2CCc3ccccc32)cc1)c1cccc(NO)c1.